The lowest BCUT2D eigenvalue weighted by Gasteiger charge is -2.23. The lowest BCUT2D eigenvalue weighted by molar-refractivity contribution is -0.140. The van der Waals surface area contributed by atoms with E-state index in [1.807, 2.05) is 4.90 Å². The molecule has 2 aliphatic heterocycles. The second kappa shape index (κ2) is 5.19. The van der Waals surface area contributed by atoms with Crippen LogP contribution in [-0.4, -0.2) is 41.6 Å². The molecular weight excluding hydrogens is 264 g/mol. The number of fused-ring (bicyclic) bond motifs is 3. The molecule has 1 atom stereocenters. The highest BCUT2D eigenvalue weighted by atomic mass is 16.5. The van der Waals surface area contributed by atoms with Crippen LogP contribution in [-0.2, 0) is 22.4 Å². The minimum absolute atomic E-state index is 0.182. The fourth-order valence-electron chi connectivity index (χ4n) is 3.56. The van der Waals surface area contributed by atoms with Gasteiger partial charge >= 0.3 is 0 Å². The monoisotopic (exact) mass is 284 g/mol. The Bertz CT molecular complexity index is 670. The number of amides is 1. The van der Waals surface area contributed by atoms with Gasteiger partial charge in [-0.3, -0.25) is 4.79 Å². The Hall–Kier alpha value is -1.81. The third kappa shape index (κ3) is 2.23. The van der Waals surface area contributed by atoms with Crippen LogP contribution >= 0.6 is 0 Å². The van der Waals surface area contributed by atoms with Gasteiger partial charge in [0.25, 0.3) is 5.91 Å². The van der Waals surface area contributed by atoms with Crippen molar-refractivity contribution in [2.24, 2.45) is 0 Å². The van der Waals surface area contributed by atoms with Gasteiger partial charge in [0, 0.05) is 42.7 Å². The number of carbonyl (C=O) groups excluding carboxylic acids is 1. The van der Waals surface area contributed by atoms with Crippen LogP contribution in [0.4, 0.5) is 0 Å². The fraction of sp³-hybridized carbons (Fsp3) is 0.471. The molecule has 21 heavy (non-hydrogen) atoms. The largest absolute Gasteiger partial charge is 0.368 e. The van der Waals surface area contributed by atoms with Gasteiger partial charge < -0.3 is 14.6 Å². The lowest BCUT2D eigenvalue weighted by atomic mass is 10.1. The van der Waals surface area contributed by atoms with Gasteiger partial charge in [0.2, 0.25) is 0 Å². The first-order valence-corrected chi connectivity index (χ1v) is 7.82. The molecule has 0 saturated carbocycles. The first kappa shape index (κ1) is 12.9. The summed E-state index contributed by atoms with van der Waals surface area (Å²) in [6, 6.07) is 8.43. The number of hydrogen-bond donors (Lipinski definition) is 1. The van der Waals surface area contributed by atoms with Crippen LogP contribution in [0.3, 0.4) is 0 Å². The van der Waals surface area contributed by atoms with Crippen molar-refractivity contribution in [1.82, 2.24) is 9.88 Å². The molecule has 1 saturated heterocycles. The molecule has 110 valence electrons. The van der Waals surface area contributed by atoms with E-state index >= 15 is 0 Å². The average Bonchev–Trinajstić information content (AvgIpc) is 3.10. The first-order valence-electron chi connectivity index (χ1n) is 7.82. The van der Waals surface area contributed by atoms with E-state index in [1.165, 1.54) is 22.2 Å². The number of carbonyl (C=O) groups is 1. The number of aromatic nitrogens is 1. The maximum atomic E-state index is 12.5. The molecule has 0 bridgehead atoms. The highest BCUT2D eigenvalue weighted by Gasteiger charge is 2.29. The number of hydrogen-bond acceptors (Lipinski definition) is 2. The minimum atomic E-state index is -0.196. The summed E-state index contributed by atoms with van der Waals surface area (Å²) in [6.45, 7) is 2.32. The van der Waals surface area contributed by atoms with E-state index in [0.29, 0.717) is 0 Å². The van der Waals surface area contributed by atoms with E-state index < -0.39 is 0 Å². The molecule has 2 aromatic rings. The molecule has 4 nitrogen and oxygen atoms in total. The molecule has 1 amide bonds. The molecule has 0 spiro atoms. The highest BCUT2D eigenvalue weighted by molar-refractivity contribution is 5.85. The van der Waals surface area contributed by atoms with E-state index in [1.54, 1.807) is 0 Å². The molecule has 1 fully saturated rings. The number of aromatic amines is 1. The van der Waals surface area contributed by atoms with Crippen molar-refractivity contribution >= 4 is 16.8 Å². The Kier molecular flexibility index (Phi) is 3.19. The zero-order valence-electron chi connectivity index (χ0n) is 12.1. The zero-order chi connectivity index (χ0) is 14.2. The van der Waals surface area contributed by atoms with E-state index in [9.17, 15) is 4.79 Å². The van der Waals surface area contributed by atoms with Crippen molar-refractivity contribution in [3.05, 3.63) is 35.5 Å². The molecule has 3 heterocycles. The van der Waals surface area contributed by atoms with Crippen molar-refractivity contribution in [2.45, 2.75) is 31.8 Å². The Balaban J connectivity index is 1.56. The molecule has 0 aliphatic carbocycles. The van der Waals surface area contributed by atoms with Gasteiger partial charge in [-0.25, -0.2) is 0 Å². The molecule has 1 aromatic carbocycles. The minimum Gasteiger partial charge on any atom is -0.368 e. The van der Waals surface area contributed by atoms with Crippen molar-refractivity contribution in [1.29, 1.82) is 0 Å². The predicted octanol–water partition coefficient (Wildman–Crippen LogP) is 2.27. The van der Waals surface area contributed by atoms with E-state index in [-0.39, 0.29) is 12.0 Å². The third-order valence-electron chi connectivity index (χ3n) is 4.68. The fourth-order valence-corrected chi connectivity index (χ4v) is 3.56. The SMILES string of the molecule is O=C(C1CCCO1)N1CCc2[nH]c3ccccc3c2CC1. The summed E-state index contributed by atoms with van der Waals surface area (Å²) >= 11 is 0. The number of nitrogens with zero attached hydrogens (tertiary/aromatic N) is 1. The molecule has 2 aliphatic rings. The number of rotatable bonds is 1. The van der Waals surface area contributed by atoms with Crippen molar-refractivity contribution < 1.29 is 9.53 Å². The summed E-state index contributed by atoms with van der Waals surface area (Å²) in [6.07, 6.45) is 3.52. The molecule has 1 aromatic heterocycles. The zero-order valence-corrected chi connectivity index (χ0v) is 12.1. The smallest absolute Gasteiger partial charge is 0.251 e. The van der Waals surface area contributed by atoms with Crippen LogP contribution in [0.2, 0.25) is 0 Å². The number of ether oxygens (including phenoxy) is 1. The van der Waals surface area contributed by atoms with Crippen LogP contribution < -0.4 is 0 Å². The van der Waals surface area contributed by atoms with Gasteiger partial charge in [0.05, 0.1) is 0 Å². The second-order valence-corrected chi connectivity index (χ2v) is 5.95. The van der Waals surface area contributed by atoms with Crippen molar-refractivity contribution in [2.75, 3.05) is 19.7 Å². The standard InChI is InChI=1S/C17H20N2O2/c20-17(16-6-3-11-21-16)19-9-7-13-12-4-1-2-5-14(12)18-15(13)8-10-19/h1-2,4-5,16,18H,3,6-11H2. The predicted molar refractivity (Wildman–Crippen MR) is 81.3 cm³/mol. The molecule has 4 rings (SSSR count). The number of benzene rings is 1. The van der Waals surface area contributed by atoms with Gasteiger partial charge in [-0.05, 0) is 30.9 Å². The summed E-state index contributed by atoms with van der Waals surface area (Å²) in [5.41, 5.74) is 3.88. The first-order chi connectivity index (χ1) is 10.3. The van der Waals surface area contributed by atoms with Crippen LogP contribution in [0.1, 0.15) is 24.1 Å². The summed E-state index contributed by atoms with van der Waals surface area (Å²) in [7, 11) is 0. The quantitative estimate of drug-likeness (QED) is 0.873. The van der Waals surface area contributed by atoms with Crippen LogP contribution in [0.15, 0.2) is 24.3 Å². The van der Waals surface area contributed by atoms with E-state index in [2.05, 4.69) is 29.2 Å². The van der Waals surface area contributed by atoms with Crippen molar-refractivity contribution in [3.63, 3.8) is 0 Å². The molecule has 1 unspecified atom stereocenters. The third-order valence-corrected chi connectivity index (χ3v) is 4.68. The maximum absolute atomic E-state index is 12.5. The highest BCUT2D eigenvalue weighted by Crippen LogP contribution is 2.26. The summed E-state index contributed by atoms with van der Waals surface area (Å²) < 4.78 is 5.54. The van der Waals surface area contributed by atoms with Gasteiger partial charge in [-0.2, -0.15) is 0 Å². The van der Waals surface area contributed by atoms with Gasteiger partial charge in [-0.1, -0.05) is 18.2 Å². The Morgan fingerprint density at radius 1 is 1.24 bits per heavy atom. The number of H-pyrrole nitrogens is 1. The number of para-hydroxylation sites is 1. The second-order valence-electron chi connectivity index (χ2n) is 5.95. The van der Waals surface area contributed by atoms with Crippen molar-refractivity contribution in [3.8, 4) is 0 Å². The summed E-state index contributed by atoms with van der Waals surface area (Å²) in [5.74, 6) is 0.182. The molecular formula is C17H20N2O2. The normalized spacial score (nSPS) is 22.3. The Morgan fingerprint density at radius 2 is 2.10 bits per heavy atom. The summed E-state index contributed by atoms with van der Waals surface area (Å²) in [5, 5.41) is 1.30. The van der Waals surface area contributed by atoms with Crippen LogP contribution in [0.5, 0.6) is 0 Å². The Morgan fingerprint density at radius 3 is 2.95 bits per heavy atom. The number of nitrogens with one attached hydrogen (secondary N) is 1. The van der Waals surface area contributed by atoms with Gasteiger partial charge in [-0.15, -0.1) is 0 Å². The summed E-state index contributed by atoms with van der Waals surface area (Å²) in [4.78, 5) is 18.0. The molecule has 0 radical (unpaired) electrons. The van der Waals surface area contributed by atoms with E-state index in [0.717, 1.165) is 45.4 Å². The maximum Gasteiger partial charge on any atom is 0.251 e. The van der Waals surface area contributed by atoms with Gasteiger partial charge in [0.1, 0.15) is 6.10 Å². The topological polar surface area (TPSA) is 45.3 Å². The molecule has 4 heteroatoms. The Labute approximate surface area is 124 Å². The lowest BCUT2D eigenvalue weighted by Crippen LogP contribution is -2.40. The van der Waals surface area contributed by atoms with Crippen LogP contribution in [0.25, 0.3) is 10.9 Å². The van der Waals surface area contributed by atoms with Gasteiger partial charge in [0.15, 0.2) is 0 Å². The van der Waals surface area contributed by atoms with Crippen LogP contribution in [0, 0.1) is 0 Å². The average molecular weight is 284 g/mol. The van der Waals surface area contributed by atoms with E-state index in [4.69, 9.17) is 4.74 Å². The molecule has 1 N–H and O–H groups in total.